The summed E-state index contributed by atoms with van der Waals surface area (Å²) < 4.78 is 29.7. The molecular weight excluding hydrogens is 264 g/mol. The van der Waals surface area contributed by atoms with Crippen LogP contribution in [0.5, 0.6) is 0 Å². The molecule has 2 bridgehead atoms. The zero-order valence-corrected chi connectivity index (χ0v) is 11.5. The van der Waals surface area contributed by atoms with E-state index in [-0.39, 0.29) is 22.5 Å². The number of hydrogen-bond donors (Lipinski definition) is 0. The smallest absolute Gasteiger partial charge is 0.297 e. The van der Waals surface area contributed by atoms with Gasteiger partial charge in [0.2, 0.25) is 0 Å². The average molecular weight is 280 g/mol. The largest absolute Gasteiger partial charge is 0.299 e. The lowest BCUT2D eigenvalue weighted by Crippen LogP contribution is -2.24. The first kappa shape index (κ1) is 12.8. The quantitative estimate of drug-likeness (QED) is 0.795. The van der Waals surface area contributed by atoms with Crippen LogP contribution in [-0.2, 0) is 19.1 Å². The van der Waals surface area contributed by atoms with Crippen LogP contribution in [0.15, 0.2) is 29.2 Å². The van der Waals surface area contributed by atoms with Gasteiger partial charge in [0.1, 0.15) is 5.78 Å². The Kier molecular flexibility index (Phi) is 2.98. The number of fused-ring (bicyclic) bond motifs is 2. The summed E-state index contributed by atoms with van der Waals surface area (Å²) in [6.07, 6.45) is 1.68. The average Bonchev–Trinajstić information content (AvgIpc) is 2.85. The van der Waals surface area contributed by atoms with Gasteiger partial charge in [-0.3, -0.25) is 8.98 Å². The van der Waals surface area contributed by atoms with Crippen LogP contribution in [0.3, 0.4) is 0 Å². The van der Waals surface area contributed by atoms with Crippen molar-refractivity contribution in [3.05, 3.63) is 29.8 Å². The van der Waals surface area contributed by atoms with Gasteiger partial charge in [-0.25, -0.2) is 0 Å². The van der Waals surface area contributed by atoms with Crippen molar-refractivity contribution in [2.75, 3.05) is 0 Å². The first-order valence-corrected chi connectivity index (χ1v) is 7.91. The minimum atomic E-state index is -3.76. The van der Waals surface area contributed by atoms with Crippen LogP contribution in [0, 0.1) is 18.8 Å². The normalized spacial score (nSPS) is 29.9. The summed E-state index contributed by atoms with van der Waals surface area (Å²) in [5.74, 6) is 0.0169. The van der Waals surface area contributed by atoms with E-state index in [1.54, 1.807) is 24.3 Å². The fourth-order valence-electron chi connectivity index (χ4n) is 3.08. The molecule has 2 aliphatic rings. The van der Waals surface area contributed by atoms with Crippen molar-refractivity contribution in [3.63, 3.8) is 0 Å². The second-order valence-corrected chi connectivity index (χ2v) is 7.01. The Labute approximate surface area is 112 Å². The maximum atomic E-state index is 12.2. The SMILES string of the molecule is Cc1ccc(S(=O)(=O)O[C@H]2[C@@H]3CC[C@H]2C(=O)C3)cc1. The minimum Gasteiger partial charge on any atom is -0.299 e. The summed E-state index contributed by atoms with van der Waals surface area (Å²) >= 11 is 0. The molecule has 0 saturated heterocycles. The fourth-order valence-corrected chi connectivity index (χ4v) is 4.24. The molecule has 3 rings (SSSR count). The monoisotopic (exact) mass is 280 g/mol. The molecule has 102 valence electrons. The first-order chi connectivity index (χ1) is 8.97. The molecule has 2 saturated carbocycles. The highest BCUT2D eigenvalue weighted by molar-refractivity contribution is 7.86. The third-order valence-electron chi connectivity index (χ3n) is 4.13. The number of hydrogen-bond acceptors (Lipinski definition) is 4. The lowest BCUT2D eigenvalue weighted by atomic mass is 10.00. The van der Waals surface area contributed by atoms with Gasteiger partial charge >= 0.3 is 0 Å². The Morgan fingerprint density at radius 2 is 1.84 bits per heavy atom. The van der Waals surface area contributed by atoms with E-state index in [0.717, 1.165) is 18.4 Å². The van der Waals surface area contributed by atoms with E-state index in [0.29, 0.717) is 6.42 Å². The van der Waals surface area contributed by atoms with Gasteiger partial charge in [0.25, 0.3) is 10.1 Å². The first-order valence-electron chi connectivity index (χ1n) is 6.50. The molecule has 0 unspecified atom stereocenters. The van der Waals surface area contributed by atoms with E-state index in [9.17, 15) is 13.2 Å². The summed E-state index contributed by atoms with van der Waals surface area (Å²) in [7, 11) is -3.76. The van der Waals surface area contributed by atoms with E-state index in [1.165, 1.54) is 0 Å². The van der Waals surface area contributed by atoms with Crippen molar-refractivity contribution in [1.82, 2.24) is 0 Å². The highest BCUT2D eigenvalue weighted by Crippen LogP contribution is 2.45. The molecule has 0 amide bonds. The Bertz CT molecular complexity index is 603. The van der Waals surface area contributed by atoms with Crippen LogP contribution in [0.1, 0.15) is 24.8 Å². The second kappa shape index (κ2) is 4.42. The van der Waals surface area contributed by atoms with Crippen LogP contribution in [-0.4, -0.2) is 20.3 Å². The summed E-state index contributed by atoms with van der Waals surface area (Å²) in [6, 6.07) is 6.57. The molecular formula is C14H16O4S. The van der Waals surface area contributed by atoms with Crippen LogP contribution in [0.25, 0.3) is 0 Å². The molecule has 0 aromatic heterocycles. The van der Waals surface area contributed by atoms with Crippen LogP contribution >= 0.6 is 0 Å². The van der Waals surface area contributed by atoms with Gasteiger partial charge in [-0.1, -0.05) is 17.7 Å². The van der Waals surface area contributed by atoms with E-state index in [1.807, 2.05) is 6.92 Å². The number of rotatable bonds is 3. The van der Waals surface area contributed by atoms with Crippen LogP contribution < -0.4 is 0 Å². The predicted molar refractivity (Wildman–Crippen MR) is 69.1 cm³/mol. The molecule has 0 heterocycles. The highest BCUT2D eigenvalue weighted by atomic mass is 32.2. The van der Waals surface area contributed by atoms with Gasteiger partial charge in [0.15, 0.2) is 0 Å². The standard InChI is InChI=1S/C14H16O4S/c1-9-2-5-11(6-3-9)19(16,17)18-14-10-4-7-12(14)13(15)8-10/h2-3,5-6,10,12,14H,4,7-8H2,1H3/t10-,12+,14+/m1/s1. The van der Waals surface area contributed by atoms with Gasteiger partial charge in [-0.2, -0.15) is 8.42 Å². The summed E-state index contributed by atoms with van der Waals surface area (Å²) in [5, 5.41) is 0. The third kappa shape index (κ3) is 2.21. The number of carbonyl (C=O) groups is 1. The van der Waals surface area contributed by atoms with Gasteiger partial charge in [0, 0.05) is 12.3 Å². The minimum absolute atomic E-state index is 0.0812. The predicted octanol–water partition coefficient (Wildman–Crippen LogP) is 2.07. The van der Waals surface area contributed by atoms with Gasteiger partial charge in [0.05, 0.1) is 11.0 Å². The highest BCUT2D eigenvalue weighted by Gasteiger charge is 2.50. The van der Waals surface area contributed by atoms with Crippen molar-refractivity contribution in [2.45, 2.75) is 37.2 Å². The molecule has 4 nitrogen and oxygen atoms in total. The van der Waals surface area contributed by atoms with Crippen molar-refractivity contribution < 1.29 is 17.4 Å². The fraction of sp³-hybridized carbons (Fsp3) is 0.500. The van der Waals surface area contributed by atoms with E-state index < -0.39 is 16.2 Å². The lowest BCUT2D eigenvalue weighted by Gasteiger charge is -2.15. The van der Waals surface area contributed by atoms with Crippen molar-refractivity contribution >= 4 is 15.9 Å². The molecule has 0 N–H and O–H groups in total. The topological polar surface area (TPSA) is 60.4 Å². The Balaban J connectivity index is 1.83. The Morgan fingerprint density at radius 1 is 1.16 bits per heavy atom. The number of ketones is 1. The van der Waals surface area contributed by atoms with Crippen LogP contribution in [0.2, 0.25) is 0 Å². The third-order valence-corrected chi connectivity index (χ3v) is 5.46. The molecule has 5 heteroatoms. The molecule has 0 aliphatic heterocycles. The molecule has 0 spiro atoms. The van der Waals surface area contributed by atoms with Crippen LogP contribution in [0.4, 0.5) is 0 Å². The summed E-state index contributed by atoms with van der Waals surface area (Å²) in [4.78, 5) is 11.8. The van der Waals surface area contributed by atoms with E-state index in [2.05, 4.69) is 0 Å². The molecule has 19 heavy (non-hydrogen) atoms. The zero-order valence-electron chi connectivity index (χ0n) is 10.7. The van der Waals surface area contributed by atoms with Crippen molar-refractivity contribution in [3.8, 4) is 0 Å². The molecule has 1 aromatic rings. The van der Waals surface area contributed by atoms with Gasteiger partial charge < -0.3 is 0 Å². The number of carbonyl (C=O) groups excluding carboxylic acids is 1. The lowest BCUT2D eigenvalue weighted by molar-refractivity contribution is -0.122. The Morgan fingerprint density at radius 3 is 2.37 bits per heavy atom. The molecule has 1 aromatic carbocycles. The maximum absolute atomic E-state index is 12.2. The second-order valence-electron chi connectivity index (χ2n) is 5.44. The van der Waals surface area contributed by atoms with Crippen molar-refractivity contribution in [1.29, 1.82) is 0 Å². The van der Waals surface area contributed by atoms with Crippen molar-refractivity contribution in [2.24, 2.45) is 11.8 Å². The number of aryl methyl sites for hydroxylation is 1. The zero-order chi connectivity index (χ0) is 13.6. The molecule has 2 fully saturated rings. The number of Topliss-reactive ketones (excluding diaryl/α,β-unsaturated/α-hetero) is 1. The molecule has 2 aliphatic carbocycles. The Hall–Kier alpha value is -1.20. The van der Waals surface area contributed by atoms with Gasteiger partial charge in [-0.05, 0) is 37.8 Å². The number of benzene rings is 1. The summed E-state index contributed by atoms with van der Waals surface area (Å²) in [6.45, 7) is 1.90. The summed E-state index contributed by atoms with van der Waals surface area (Å²) in [5.41, 5.74) is 0.995. The van der Waals surface area contributed by atoms with Gasteiger partial charge in [-0.15, -0.1) is 0 Å². The van der Waals surface area contributed by atoms with E-state index in [4.69, 9.17) is 4.18 Å². The molecule has 3 atom stereocenters. The maximum Gasteiger partial charge on any atom is 0.297 e. The molecule has 0 radical (unpaired) electrons. The van der Waals surface area contributed by atoms with E-state index >= 15 is 0 Å².